The molecule has 4 nitrogen and oxygen atoms in total. The molecule has 0 aromatic heterocycles. The molecule has 1 aliphatic heterocycles. The molecule has 1 saturated heterocycles. The van der Waals surface area contributed by atoms with Crippen molar-refractivity contribution in [3.8, 4) is 0 Å². The number of aryl methyl sites for hydroxylation is 1. The van der Waals surface area contributed by atoms with Crippen molar-refractivity contribution in [1.82, 2.24) is 4.31 Å². The second kappa shape index (κ2) is 5.38. The number of hydrogen-bond donors (Lipinski definition) is 1. The SMILES string of the molecule is Cc1ccc(S(=O)(=O)N2CCCCC2CO)cc1. The fraction of sp³-hybridized carbons (Fsp3) is 0.538. The molecule has 18 heavy (non-hydrogen) atoms. The van der Waals surface area contributed by atoms with Crippen LogP contribution >= 0.6 is 0 Å². The molecule has 0 spiro atoms. The predicted octanol–water partition coefficient (Wildman–Crippen LogP) is 1.53. The summed E-state index contributed by atoms with van der Waals surface area (Å²) in [5, 5.41) is 9.31. The van der Waals surface area contributed by atoms with Gasteiger partial charge in [-0.15, -0.1) is 0 Å². The van der Waals surface area contributed by atoms with Crippen molar-refractivity contribution in [3.63, 3.8) is 0 Å². The lowest BCUT2D eigenvalue weighted by Gasteiger charge is -2.33. The second-order valence-corrected chi connectivity index (χ2v) is 6.65. The Morgan fingerprint density at radius 2 is 1.94 bits per heavy atom. The minimum absolute atomic E-state index is 0.106. The van der Waals surface area contributed by atoms with Gasteiger partial charge in [-0.05, 0) is 31.9 Å². The van der Waals surface area contributed by atoms with Gasteiger partial charge in [0, 0.05) is 12.6 Å². The van der Waals surface area contributed by atoms with Crippen molar-refractivity contribution in [3.05, 3.63) is 29.8 Å². The topological polar surface area (TPSA) is 57.6 Å². The van der Waals surface area contributed by atoms with E-state index in [9.17, 15) is 13.5 Å². The van der Waals surface area contributed by atoms with Crippen molar-refractivity contribution in [2.75, 3.05) is 13.2 Å². The van der Waals surface area contributed by atoms with Crippen LogP contribution in [0.5, 0.6) is 0 Å². The van der Waals surface area contributed by atoms with Gasteiger partial charge in [-0.2, -0.15) is 4.31 Å². The largest absolute Gasteiger partial charge is 0.395 e. The molecule has 1 aliphatic rings. The van der Waals surface area contributed by atoms with Crippen LogP contribution in [-0.4, -0.2) is 37.0 Å². The molecule has 0 saturated carbocycles. The van der Waals surface area contributed by atoms with Gasteiger partial charge in [0.25, 0.3) is 0 Å². The molecule has 1 N–H and O–H groups in total. The monoisotopic (exact) mass is 269 g/mol. The first-order valence-corrected chi connectivity index (χ1v) is 7.69. The summed E-state index contributed by atoms with van der Waals surface area (Å²) in [5.74, 6) is 0. The number of benzene rings is 1. The lowest BCUT2D eigenvalue weighted by molar-refractivity contribution is 0.155. The minimum Gasteiger partial charge on any atom is -0.395 e. The number of sulfonamides is 1. The van der Waals surface area contributed by atoms with Crippen LogP contribution in [0, 0.1) is 6.92 Å². The molecule has 0 amide bonds. The smallest absolute Gasteiger partial charge is 0.243 e. The molecule has 1 atom stereocenters. The Morgan fingerprint density at radius 1 is 1.28 bits per heavy atom. The number of aliphatic hydroxyl groups is 1. The van der Waals surface area contributed by atoms with Crippen LogP contribution in [-0.2, 0) is 10.0 Å². The highest BCUT2D eigenvalue weighted by molar-refractivity contribution is 7.89. The van der Waals surface area contributed by atoms with E-state index in [1.807, 2.05) is 6.92 Å². The Hall–Kier alpha value is -0.910. The number of aliphatic hydroxyl groups excluding tert-OH is 1. The van der Waals surface area contributed by atoms with E-state index in [4.69, 9.17) is 0 Å². The molecule has 1 aromatic rings. The zero-order valence-corrected chi connectivity index (χ0v) is 11.4. The molecule has 1 fully saturated rings. The summed E-state index contributed by atoms with van der Waals surface area (Å²) in [6.45, 7) is 2.32. The third kappa shape index (κ3) is 2.58. The van der Waals surface area contributed by atoms with E-state index in [0.717, 1.165) is 24.8 Å². The van der Waals surface area contributed by atoms with Crippen LogP contribution in [0.3, 0.4) is 0 Å². The Bertz CT molecular complexity index is 495. The molecule has 0 bridgehead atoms. The van der Waals surface area contributed by atoms with Gasteiger partial charge < -0.3 is 5.11 Å². The van der Waals surface area contributed by atoms with Crippen LogP contribution < -0.4 is 0 Å². The summed E-state index contributed by atoms with van der Waals surface area (Å²) in [4.78, 5) is 0.313. The number of hydrogen-bond acceptors (Lipinski definition) is 3. The standard InChI is InChI=1S/C13H19NO3S/c1-11-5-7-13(8-6-11)18(16,17)14-9-3-2-4-12(14)10-15/h5-8,12,15H,2-4,9-10H2,1H3. The number of rotatable bonds is 3. The van der Waals surface area contributed by atoms with E-state index < -0.39 is 10.0 Å². The van der Waals surface area contributed by atoms with Crippen molar-refractivity contribution < 1.29 is 13.5 Å². The van der Waals surface area contributed by atoms with Crippen LogP contribution in [0.4, 0.5) is 0 Å². The fourth-order valence-electron chi connectivity index (χ4n) is 2.32. The van der Waals surface area contributed by atoms with Crippen LogP contribution in [0.1, 0.15) is 24.8 Å². The predicted molar refractivity (Wildman–Crippen MR) is 69.8 cm³/mol. The van der Waals surface area contributed by atoms with E-state index in [1.165, 1.54) is 4.31 Å². The Labute approximate surface area is 108 Å². The minimum atomic E-state index is -3.47. The Morgan fingerprint density at radius 3 is 2.56 bits per heavy atom. The summed E-state index contributed by atoms with van der Waals surface area (Å²) in [6.07, 6.45) is 2.58. The zero-order chi connectivity index (χ0) is 13.2. The van der Waals surface area contributed by atoms with Crippen molar-refractivity contribution >= 4 is 10.0 Å². The van der Waals surface area contributed by atoms with Crippen LogP contribution in [0.25, 0.3) is 0 Å². The zero-order valence-electron chi connectivity index (χ0n) is 10.5. The quantitative estimate of drug-likeness (QED) is 0.905. The molecule has 1 heterocycles. The molecular weight excluding hydrogens is 250 g/mol. The average Bonchev–Trinajstić information content (AvgIpc) is 2.39. The lowest BCUT2D eigenvalue weighted by Crippen LogP contribution is -2.45. The average molecular weight is 269 g/mol. The van der Waals surface area contributed by atoms with Crippen LogP contribution in [0.15, 0.2) is 29.2 Å². The van der Waals surface area contributed by atoms with Gasteiger partial charge >= 0.3 is 0 Å². The molecule has 5 heteroatoms. The summed E-state index contributed by atoms with van der Waals surface area (Å²) >= 11 is 0. The van der Waals surface area contributed by atoms with Gasteiger partial charge in [0.05, 0.1) is 11.5 Å². The number of nitrogens with zero attached hydrogens (tertiary/aromatic N) is 1. The van der Waals surface area contributed by atoms with Crippen molar-refractivity contribution in [1.29, 1.82) is 0 Å². The summed E-state index contributed by atoms with van der Waals surface area (Å²) < 4.78 is 26.4. The highest BCUT2D eigenvalue weighted by atomic mass is 32.2. The molecular formula is C13H19NO3S. The Balaban J connectivity index is 2.32. The van der Waals surface area contributed by atoms with Crippen molar-refractivity contribution in [2.45, 2.75) is 37.1 Å². The van der Waals surface area contributed by atoms with Gasteiger partial charge in [-0.3, -0.25) is 0 Å². The van der Waals surface area contributed by atoms with Gasteiger partial charge in [0.15, 0.2) is 0 Å². The van der Waals surface area contributed by atoms with E-state index >= 15 is 0 Å². The van der Waals surface area contributed by atoms with Crippen LogP contribution in [0.2, 0.25) is 0 Å². The lowest BCUT2D eigenvalue weighted by atomic mass is 10.1. The van der Waals surface area contributed by atoms with Gasteiger partial charge in [0.1, 0.15) is 0 Å². The molecule has 1 aromatic carbocycles. The third-order valence-corrected chi connectivity index (χ3v) is 5.38. The highest BCUT2D eigenvalue weighted by Crippen LogP contribution is 2.25. The Kier molecular flexibility index (Phi) is 4.04. The van der Waals surface area contributed by atoms with Crippen molar-refractivity contribution in [2.24, 2.45) is 0 Å². The van der Waals surface area contributed by atoms with Gasteiger partial charge in [-0.1, -0.05) is 24.1 Å². The molecule has 0 aliphatic carbocycles. The van der Waals surface area contributed by atoms with Gasteiger partial charge in [0.2, 0.25) is 10.0 Å². The number of piperidine rings is 1. The summed E-state index contributed by atoms with van der Waals surface area (Å²) in [5.41, 5.74) is 1.03. The summed E-state index contributed by atoms with van der Waals surface area (Å²) in [7, 11) is -3.47. The van der Waals surface area contributed by atoms with E-state index in [-0.39, 0.29) is 12.6 Å². The molecule has 0 radical (unpaired) electrons. The van der Waals surface area contributed by atoms with E-state index in [2.05, 4.69) is 0 Å². The normalized spacial score (nSPS) is 22.0. The maximum atomic E-state index is 12.5. The van der Waals surface area contributed by atoms with E-state index in [0.29, 0.717) is 11.4 Å². The first-order chi connectivity index (χ1) is 8.55. The molecule has 1 unspecified atom stereocenters. The highest BCUT2D eigenvalue weighted by Gasteiger charge is 2.32. The third-order valence-electron chi connectivity index (χ3n) is 3.41. The van der Waals surface area contributed by atoms with Gasteiger partial charge in [-0.25, -0.2) is 8.42 Å². The first kappa shape index (κ1) is 13.5. The fourth-order valence-corrected chi connectivity index (χ4v) is 4.00. The van der Waals surface area contributed by atoms with E-state index in [1.54, 1.807) is 24.3 Å². The summed E-state index contributed by atoms with van der Waals surface area (Å²) in [6, 6.07) is 6.59. The first-order valence-electron chi connectivity index (χ1n) is 6.25. The second-order valence-electron chi connectivity index (χ2n) is 4.76. The molecule has 2 rings (SSSR count). The maximum Gasteiger partial charge on any atom is 0.243 e. The molecule has 100 valence electrons. The maximum absolute atomic E-state index is 12.5.